The lowest BCUT2D eigenvalue weighted by molar-refractivity contribution is -0.137. The van der Waals surface area contributed by atoms with Crippen LogP contribution in [0.2, 0.25) is 0 Å². The smallest absolute Gasteiger partial charge is 0.303 e. The molecule has 0 aliphatic carbocycles. The highest BCUT2D eigenvalue weighted by Gasteiger charge is 2.06. The van der Waals surface area contributed by atoms with Gasteiger partial charge in [0, 0.05) is 26.4 Å². The average molecular weight is 297 g/mol. The Hall–Kier alpha value is -1.62. The van der Waals surface area contributed by atoms with Gasteiger partial charge in [-0.15, -0.1) is 0 Å². The van der Waals surface area contributed by atoms with Gasteiger partial charge in [-0.1, -0.05) is 37.1 Å². The molecule has 1 unspecified atom stereocenters. The number of carboxylic acids is 1. The van der Waals surface area contributed by atoms with Crippen LogP contribution in [0.1, 0.15) is 45.4 Å². The van der Waals surface area contributed by atoms with Crippen molar-refractivity contribution in [1.29, 1.82) is 0 Å². The van der Waals surface area contributed by atoms with E-state index >= 15 is 0 Å². The van der Waals surface area contributed by atoms with Gasteiger partial charge in [-0.05, 0) is 19.8 Å². The van der Waals surface area contributed by atoms with Gasteiger partial charge >= 0.3 is 5.97 Å². The molecule has 0 aliphatic heterocycles. The molecule has 0 aliphatic rings. The second kappa shape index (κ2) is 12.1. The minimum Gasteiger partial charge on any atom is -0.481 e. The maximum atomic E-state index is 11.8. The third-order valence-corrected chi connectivity index (χ3v) is 2.97. The SMILES string of the molecule is CC(O)/C=C/C=C/CN(C)C(=O)CCCCCCC(=O)O. The predicted molar refractivity (Wildman–Crippen MR) is 82.9 cm³/mol. The van der Waals surface area contributed by atoms with E-state index < -0.39 is 12.1 Å². The Morgan fingerprint density at radius 1 is 1.10 bits per heavy atom. The van der Waals surface area contributed by atoms with Gasteiger partial charge in [0.1, 0.15) is 0 Å². The quantitative estimate of drug-likeness (QED) is 0.453. The third-order valence-electron chi connectivity index (χ3n) is 2.97. The summed E-state index contributed by atoms with van der Waals surface area (Å²) in [6.45, 7) is 2.22. The van der Waals surface area contributed by atoms with Crippen LogP contribution < -0.4 is 0 Å². The number of aliphatic hydroxyl groups excluding tert-OH is 1. The first-order valence-corrected chi connectivity index (χ1v) is 7.40. The van der Waals surface area contributed by atoms with Crippen molar-refractivity contribution in [2.75, 3.05) is 13.6 Å². The van der Waals surface area contributed by atoms with Crippen LogP contribution in [0.5, 0.6) is 0 Å². The van der Waals surface area contributed by atoms with E-state index in [1.807, 2.05) is 12.2 Å². The van der Waals surface area contributed by atoms with Crippen molar-refractivity contribution in [3.63, 3.8) is 0 Å². The van der Waals surface area contributed by atoms with Crippen molar-refractivity contribution >= 4 is 11.9 Å². The summed E-state index contributed by atoms with van der Waals surface area (Å²) >= 11 is 0. The van der Waals surface area contributed by atoms with Crippen molar-refractivity contribution in [2.45, 2.75) is 51.6 Å². The Labute approximate surface area is 127 Å². The van der Waals surface area contributed by atoms with E-state index in [2.05, 4.69) is 0 Å². The summed E-state index contributed by atoms with van der Waals surface area (Å²) in [6.07, 6.45) is 10.6. The summed E-state index contributed by atoms with van der Waals surface area (Å²) in [7, 11) is 1.76. The molecule has 2 N–H and O–H groups in total. The summed E-state index contributed by atoms with van der Waals surface area (Å²) in [6, 6.07) is 0. The van der Waals surface area contributed by atoms with Crippen LogP contribution in [0.25, 0.3) is 0 Å². The monoisotopic (exact) mass is 297 g/mol. The Bertz CT molecular complexity index is 361. The molecule has 0 rings (SSSR count). The van der Waals surface area contributed by atoms with Gasteiger partial charge in [0.25, 0.3) is 0 Å². The molecule has 1 amide bonds. The molecule has 0 bridgehead atoms. The highest BCUT2D eigenvalue weighted by molar-refractivity contribution is 5.75. The number of aliphatic hydroxyl groups is 1. The summed E-state index contributed by atoms with van der Waals surface area (Å²) in [4.78, 5) is 23.8. The van der Waals surface area contributed by atoms with E-state index in [9.17, 15) is 9.59 Å². The zero-order chi connectivity index (χ0) is 16.1. The van der Waals surface area contributed by atoms with Gasteiger partial charge in [-0.2, -0.15) is 0 Å². The fraction of sp³-hybridized carbons (Fsp3) is 0.625. The van der Waals surface area contributed by atoms with Gasteiger partial charge in [0.15, 0.2) is 0 Å². The first-order chi connectivity index (χ1) is 9.93. The number of carbonyl (C=O) groups excluding carboxylic acids is 1. The van der Waals surface area contributed by atoms with E-state index in [1.165, 1.54) is 0 Å². The average Bonchev–Trinajstić information content (AvgIpc) is 2.41. The Kier molecular flexibility index (Phi) is 11.2. The number of rotatable bonds is 11. The van der Waals surface area contributed by atoms with Crippen molar-refractivity contribution in [2.24, 2.45) is 0 Å². The number of aliphatic carboxylic acids is 1. The fourth-order valence-corrected chi connectivity index (χ4v) is 1.72. The van der Waals surface area contributed by atoms with E-state index in [0.29, 0.717) is 19.4 Å². The van der Waals surface area contributed by atoms with Gasteiger partial charge < -0.3 is 15.1 Å². The Morgan fingerprint density at radius 3 is 2.29 bits per heavy atom. The molecule has 5 nitrogen and oxygen atoms in total. The molecular formula is C16H27NO4. The van der Waals surface area contributed by atoms with Crippen molar-refractivity contribution in [3.05, 3.63) is 24.3 Å². The second-order valence-electron chi connectivity index (χ2n) is 5.14. The zero-order valence-corrected chi connectivity index (χ0v) is 13.0. The maximum absolute atomic E-state index is 11.8. The van der Waals surface area contributed by atoms with E-state index in [1.54, 1.807) is 31.0 Å². The zero-order valence-electron chi connectivity index (χ0n) is 13.0. The topological polar surface area (TPSA) is 77.8 Å². The van der Waals surface area contributed by atoms with Crippen LogP contribution in [-0.2, 0) is 9.59 Å². The van der Waals surface area contributed by atoms with E-state index in [-0.39, 0.29) is 12.3 Å². The van der Waals surface area contributed by atoms with Crippen LogP contribution in [0, 0.1) is 0 Å². The molecule has 0 aromatic carbocycles. The van der Waals surface area contributed by atoms with Crippen LogP contribution in [0.4, 0.5) is 0 Å². The number of carboxylic acid groups (broad SMARTS) is 1. The molecular weight excluding hydrogens is 270 g/mol. The Morgan fingerprint density at radius 2 is 1.71 bits per heavy atom. The first-order valence-electron chi connectivity index (χ1n) is 7.40. The number of nitrogens with zero attached hydrogens (tertiary/aromatic N) is 1. The molecule has 0 saturated heterocycles. The van der Waals surface area contributed by atoms with Crippen LogP contribution >= 0.6 is 0 Å². The van der Waals surface area contributed by atoms with E-state index in [4.69, 9.17) is 10.2 Å². The highest BCUT2D eigenvalue weighted by Crippen LogP contribution is 2.06. The summed E-state index contributed by atoms with van der Waals surface area (Å²) in [5.41, 5.74) is 0. The summed E-state index contributed by atoms with van der Waals surface area (Å²) < 4.78 is 0. The molecule has 21 heavy (non-hydrogen) atoms. The molecule has 5 heteroatoms. The lowest BCUT2D eigenvalue weighted by atomic mass is 10.1. The lowest BCUT2D eigenvalue weighted by Gasteiger charge is -2.14. The molecule has 0 heterocycles. The molecule has 0 aromatic heterocycles. The molecule has 120 valence electrons. The number of hydrogen-bond donors (Lipinski definition) is 2. The van der Waals surface area contributed by atoms with Crippen molar-refractivity contribution in [1.82, 2.24) is 4.90 Å². The van der Waals surface area contributed by atoms with Crippen LogP contribution in [0.15, 0.2) is 24.3 Å². The minimum atomic E-state index is -0.762. The van der Waals surface area contributed by atoms with Gasteiger partial charge in [-0.25, -0.2) is 0 Å². The van der Waals surface area contributed by atoms with E-state index in [0.717, 1.165) is 19.3 Å². The fourth-order valence-electron chi connectivity index (χ4n) is 1.72. The van der Waals surface area contributed by atoms with Crippen molar-refractivity contribution < 1.29 is 19.8 Å². The second-order valence-corrected chi connectivity index (χ2v) is 5.14. The lowest BCUT2D eigenvalue weighted by Crippen LogP contribution is -2.26. The van der Waals surface area contributed by atoms with Gasteiger partial charge in [-0.3, -0.25) is 9.59 Å². The summed E-state index contributed by atoms with van der Waals surface area (Å²) in [5.74, 6) is -0.667. The number of hydrogen-bond acceptors (Lipinski definition) is 3. The normalized spacial score (nSPS) is 12.9. The molecule has 0 saturated carbocycles. The number of carbonyl (C=O) groups is 2. The third kappa shape index (κ3) is 13.1. The molecule has 0 fully saturated rings. The summed E-state index contributed by atoms with van der Waals surface area (Å²) in [5, 5.41) is 17.5. The van der Waals surface area contributed by atoms with Crippen LogP contribution in [-0.4, -0.2) is 46.7 Å². The molecule has 0 spiro atoms. The van der Waals surface area contributed by atoms with Gasteiger partial charge in [0.05, 0.1) is 6.10 Å². The highest BCUT2D eigenvalue weighted by atomic mass is 16.4. The number of likely N-dealkylation sites (N-methyl/N-ethyl adjacent to an activating group) is 1. The number of amides is 1. The maximum Gasteiger partial charge on any atom is 0.303 e. The molecule has 0 aromatic rings. The Balaban J connectivity index is 3.68. The number of unbranched alkanes of at least 4 members (excludes halogenated alkanes) is 3. The minimum absolute atomic E-state index is 0.0948. The predicted octanol–water partition coefficient (Wildman–Crippen LogP) is 2.36. The standard InChI is InChI=1S/C16H27NO4/c1-14(18)10-6-5-9-13-17(2)15(19)11-7-3-4-8-12-16(20)21/h5-6,9-10,14,18H,3-4,7-8,11-13H2,1-2H3,(H,20,21)/b9-5+,10-6+. The largest absolute Gasteiger partial charge is 0.481 e. The van der Waals surface area contributed by atoms with Gasteiger partial charge in [0.2, 0.25) is 5.91 Å². The van der Waals surface area contributed by atoms with Crippen molar-refractivity contribution in [3.8, 4) is 0 Å². The molecule has 0 radical (unpaired) electrons. The first kappa shape index (κ1) is 19.4. The van der Waals surface area contributed by atoms with Crippen LogP contribution in [0.3, 0.4) is 0 Å². The molecule has 1 atom stereocenters. The number of allylic oxidation sites excluding steroid dienone is 2.